The Labute approximate surface area is 107 Å². The molecule has 1 heterocycles. The molecule has 1 atom stereocenters. The summed E-state index contributed by atoms with van der Waals surface area (Å²) in [6.45, 7) is 0. The van der Waals surface area contributed by atoms with E-state index in [1.54, 1.807) is 12.4 Å². The van der Waals surface area contributed by atoms with Gasteiger partial charge in [-0.3, -0.25) is 16.3 Å². The molecule has 18 heavy (non-hydrogen) atoms. The van der Waals surface area contributed by atoms with E-state index in [0.29, 0.717) is 0 Å². The molecule has 5 N–H and O–H groups in total. The van der Waals surface area contributed by atoms with Gasteiger partial charge in [-0.1, -0.05) is 30.3 Å². The third-order valence-corrected chi connectivity index (χ3v) is 2.97. The SMILES string of the molecule is NNC(Cc1ccccc1)Cc1cnccc1N. The van der Waals surface area contributed by atoms with E-state index in [9.17, 15) is 0 Å². The van der Waals surface area contributed by atoms with Crippen LogP contribution in [0.5, 0.6) is 0 Å². The number of nitrogens with zero attached hydrogens (tertiary/aromatic N) is 1. The molecule has 0 amide bonds. The predicted octanol–water partition coefficient (Wildman–Crippen LogP) is 1.28. The van der Waals surface area contributed by atoms with Gasteiger partial charge in [-0.25, -0.2) is 0 Å². The average molecular weight is 242 g/mol. The Morgan fingerprint density at radius 3 is 2.56 bits per heavy atom. The molecule has 4 heteroatoms. The van der Waals surface area contributed by atoms with Gasteiger partial charge in [-0.15, -0.1) is 0 Å². The molecule has 2 aromatic rings. The Morgan fingerprint density at radius 1 is 1.11 bits per heavy atom. The van der Waals surface area contributed by atoms with Crippen molar-refractivity contribution >= 4 is 5.69 Å². The Hall–Kier alpha value is -1.91. The van der Waals surface area contributed by atoms with Crippen LogP contribution in [-0.4, -0.2) is 11.0 Å². The molecular formula is C14H18N4. The van der Waals surface area contributed by atoms with E-state index >= 15 is 0 Å². The summed E-state index contributed by atoms with van der Waals surface area (Å²) in [5, 5.41) is 0. The van der Waals surface area contributed by atoms with Crippen molar-refractivity contribution in [2.75, 3.05) is 5.73 Å². The third-order valence-electron chi connectivity index (χ3n) is 2.97. The number of pyridine rings is 1. The number of aromatic nitrogens is 1. The first-order valence-corrected chi connectivity index (χ1v) is 5.98. The summed E-state index contributed by atoms with van der Waals surface area (Å²) in [5.74, 6) is 5.61. The van der Waals surface area contributed by atoms with Gasteiger partial charge in [0.15, 0.2) is 0 Å². The lowest BCUT2D eigenvalue weighted by atomic mass is 10.00. The van der Waals surface area contributed by atoms with Crippen molar-refractivity contribution in [3.05, 3.63) is 59.9 Å². The molecule has 0 aliphatic heterocycles. The van der Waals surface area contributed by atoms with Gasteiger partial charge in [0.2, 0.25) is 0 Å². The van der Waals surface area contributed by atoms with Crippen LogP contribution in [0.15, 0.2) is 48.8 Å². The minimum atomic E-state index is 0.152. The van der Waals surface area contributed by atoms with Crippen molar-refractivity contribution < 1.29 is 0 Å². The van der Waals surface area contributed by atoms with Crippen LogP contribution in [-0.2, 0) is 12.8 Å². The van der Waals surface area contributed by atoms with Gasteiger partial charge >= 0.3 is 0 Å². The lowest BCUT2D eigenvalue weighted by molar-refractivity contribution is 0.522. The van der Waals surface area contributed by atoms with E-state index < -0.39 is 0 Å². The van der Waals surface area contributed by atoms with Crippen molar-refractivity contribution in [2.24, 2.45) is 5.84 Å². The van der Waals surface area contributed by atoms with Crippen LogP contribution in [0.2, 0.25) is 0 Å². The van der Waals surface area contributed by atoms with Crippen molar-refractivity contribution in [1.29, 1.82) is 0 Å². The summed E-state index contributed by atoms with van der Waals surface area (Å²) in [6.07, 6.45) is 5.13. The minimum Gasteiger partial charge on any atom is -0.398 e. The first-order valence-electron chi connectivity index (χ1n) is 5.98. The largest absolute Gasteiger partial charge is 0.398 e. The minimum absolute atomic E-state index is 0.152. The first-order chi connectivity index (χ1) is 8.79. The number of nitrogen functional groups attached to an aromatic ring is 1. The zero-order chi connectivity index (χ0) is 12.8. The van der Waals surface area contributed by atoms with E-state index in [0.717, 1.165) is 24.1 Å². The van der Waals surface area contributed by atoms with Crippen molar-refractivity contribution in [1.82, 2.24) is 10.4 Å². The van der Waals surface area contributed by atoms with Crippen molar-refractivity contribution in [3.63, 3.8) is 0 Å². The van der Waals surface area contributed by atoms with Gasteiger partial charge in [0.1, 0.15) is 0 Å². The lowest BCUT2D eigenvalue weighted by Gasteiger charge is -2.16. The number of hydrogen-bond donors (Lipinski definition) is 3. The molecule has 1 aromatic heterocycles. The standard InChI is InChI=1S/C14H18N4/c15-14-6-7-17-10-12(14)9-13(18-16)8-11-4-2-1-3-5-11/h1-7,10,13,18H,8-9,16H2,(H2,15,17). The van der Waals surface area contributed by atoms with Crippen LogP contribution >= 0.6 is 0 Å². The van der Waals surface area contributed by atoms with E-state index in [-0.39, 0.29) is 6.04 Å². The first kappa shape index (κ1) is 12.5. The second kappa shape index (κ2) is 6.14. The fourth-order valence-corrected chi connectivity index (χ4v) is 1.96. The molecule has 0 spiro atoms. The molecule has 2 rings (SSSR count). The second-order valence-corrected chi connectivity index (χ2v) is 4.33. The highest BCUT2D eigenvalue weighted by Gasteiger charge is 2.10. The summed E-state index contributed by atoms with van der Waals surface area (Å²) < 4.78 is 0. The number of anilines is 1. The van der Waals surface area contributed by atoms with Gasteiger partial charge in [0.25, 0.3) is 0 Å². The fourth-order valence-electron chi connectivity index (χ4n) is 1.96. The Balaban J connectivity index is 2.04. The maximum atomic E-state index is 5.91. The topological polar surface area (TPSA) is 77.0 Å². The molecule has 1 aromatic carbocycles. The molecule has 1 unspecified atom stereocenters. The maximum Gasteiger partial charge on any atom is 0.0378 e. The fraction of sp³-hybridized carbons (Fsp3) is 0.214. The van der Waals surface area contributed by atoms with Gasteiger partial charge < -0.3 is 5.73 Å². The smallest absolute Gasteiger partial charge is 0.0378 e. The maximum absolute atomic E-state index is 5.91. The highest BCUT2D eigenvalue weighted by Crippen LogP contribution is 2.13. The van der Waals surface area contributed by atoms with Gasteiger partial charge in [-0.2, -0.15) is 0 Å². The van der Waals surface area contributed by atoms with Crippen LogP contribution in [0.25, 0.3) is 0 Å². The summed E-state index contributed by atoms with van der Waals surface area (Å²) in [5.41, 5.74) is 11.8. The average Bonchev–Trinajstić information content (AvgIpc) is 2.41. The third kappa shape index (κ3) is 3.29. The highest BCUT2D eigenvalue weighted by atomic mass is 15.2. The number of nitrogens with one attached hydrogen (secondary N) is 1. The predicted molar refractivity (Wildman–Crippen MR) is 73.6 cm³/mol. The van der Waals surface area contributed by atoms with E-state index in [1.165, 1.54) is 5.56 Å². The number of nitrogens with two attached hydrogens (primary N) is 2. The van der Waals surface area contributed by atoms with E-state index in [4.69, 9.17) is 11.6 Å². The zero-order valence-electron chi connectivity index (χ0n) is 10.2. The van der Waals surface area contributed by atoms with Crippen molar-refractivity contribution in [3.8, 4) is 0 Å². The lowest BCUT2D eigenvalue weighted by Crippen LogP contribution is -2.38. The van der Waals surface area contributed by atoms with Crippen LogP contribution in [0, 0.1) is 0 Å². The van der Waals surface area contributed by atoms with Crippen LogP contribution in [0.1, 0.15) is 11.1 Å². The normalized spacial score (nSPS) is 12.3. The van der Waals surface area contributed by atoms with Gasteiger partial charge in [-0.05, 0) is 30.0 Å². The summed E-state index contributed by atoms with van der Waals surface area (Å²) in [4.78, 5) is 4.09. The summed E-state index contributed by atoms with van der Waals surface area (Å²) in [7, 11) is 0. The quantitative estimate of drug-likeness (QED) is 0.545. The molecule has 0 fully saturated rings. The number of hydrogen-bond acceptors (Lipinski definition) is 4. The van der Waals surface area contributed by atoms with Crippen LogP contribution in [0.3, 0.4) is 0 Å². The Bertz CT molecular complexity index is 484. The second-order valence-electron chi connectivity index (χ2n) is 4.33. The Kier molecular flexibility index (Phi) is 4.28. The molecule has 0 saturated carbocycles. The molecule has 0 aliphatic carbocycles. The summed E-state index contributed by atoms with van der Waals surface area (Å²) in [6, 6.07) is 12.2. The highest BCUT2D eigenvalue weighted by molar-refractivity contribution is 5.44. The molecular weight excluding hydrogens is 224 g/mol. The number of benzene rings is 1. The van der Waals surface area contributed by atoms with Gasteiger partial charge in [0.05, 0.1) is 0 Å². The number of hydrazine groups is 1. The zero-order valence-corrected chi connectivity index (χ0v) is 10.2. The molecule has 0 bridgehead atoms. The molecule has 0 saturated heterocycles. The summed E-state index contributed by atoms with van der Waals surface area (Å²) >= 11 is 0. The monoisotopic (exact) mass is 242 g/mol. The van der Waals surface area contributed by atoms with Crippen LogP contribution < -0.4 is 17.0 Å². The van der Waals surface area contributed by atoms with E-state index in [2.05, 4.69) is 22.5 Å². The number of rotatable bonds is 5. The van der Waals surface area contributed by atoms with Crippen LogP contribution in [0.4, 0.5) is 5.69 Å². The molecule has 4 nitrogen and oxygen atoms in total. The van der Waals surface area contributed by atoms with Crippen molar-refractivity contribution in [2.45, 2.75) is 18.9 Å². The molecule has 0 radical (unpaired) electrons. The van der Waals surface area contributed by atoms with Gasteiger partial charge in [0, 0.05) is 24.1 Å². The Morgan fingerprint density at radius 2 is 1.89 bits per heavy atom. The molecule has 0 aliphatic rings. The molecule has 94 valence electrons. The van der Waals surface area contributed by atoms with E-state index in [1.807, 2.05) is 24.3 Å².